The summed E-state index contributed by atoms with van der Waals surface area (Å²) in [5.74, 6) is -1.51. The summed E-state index contributed by atoms with van der Waals surface area (Å²) >= 11 is 0. The Morgan fingerprint density at radius 2 is 1.84 bits per heavy atom. The molecule has 1 aliphatic rings. The summed E-state index contributed by atoms with van der Waals surface area (Å²) in [5, 5.41) is 2.72. The van der Waals surface area contributed by atoms with Crippen LogP contribution in [0.1, 0.15) is 18.4 Å². The Balaban J connectivity index is 1.77. The topological polar surface area (TPSA) is 122 Å². The molecule has 0 spiro atoms. The molecule has 9 nitrogen and oxygen atoms in total. The molecule has 134 valence electrons. The Bertz CT molecular complexity index is 648. The van der Waals surface area contributed by atoms with Gasteiger partial charge in [0.2, 0.25) is 5.91 Å². The molecule has 0 radical (unpaired) electrons. The van der Waals surface area contributed by atoms with Gasteiger partial charge in [-0.1, -0.05) is 30.3 Å². The number of nitrogens with zero attached hydrogens (tertiary/aromatic N) is 2. The molecule has 1 aromatic carbocycles. The van der Waals surface area contributed by atoms with Gasteiger partial charge in [-0.3, -0.25) is 14.4 Å². The number of carbonyl (C=O) groups excluding carboxylic acids is 4. The van der Waals surface area contributed by atoms with Crippen LogP contribution in [0.4, 0.5) is 4.79 Å². The molecule has 0 aliphatic carbocycles. The highest BCUT2D eigenvalue weighted by Crippen LogP contribution is 2.11. The van der Waals surface area contributed by atoms with Crippen molar-refractivity contribution < 1.29 is 24.0 Å². The zero-order valence-corrected chi connectivity index (χ0v) is 13.8. The zero-order valence-electron chi connectivity index (χ0n) is 13.8. The SMILES string of the molecule is CN(CNC(=O)ON1C(=O)CCC1=O)C(=O)[C@H](N)Cc1ccccc1. The zero-order chi connectivity index (χ0) is 18.4. The van der Waals surface area contributed by atoms with Crippen LogP contribution in [-0.4, -0.2) is 53.5 Å². The van der Waals surface area contributed by atoms with Gasteiger partial charge in [-0.25, -0.2) is 4.79 Å². The standard InChI is InChI=1S/C16H20N4O5/c1-19(15(23)12(17)9-11-5-3-2-4-6-11)10-18-16(24)25-20-13(21)7-8-14(20)22/h2-6,12H,7-10,17H2,1H3,(H,18,24)/t12-/m1/s1. The average molecular weight is 348 g/mol. The molecule has 1 fully saturated rings. The largest absolute Gasteiger partial charge is 0.433 e. The molecule has 1 aromatic rings. The fourth-order valence-corrected chi connectivity index (χ4v) is 2.27. The van der Waals surface area contributed by atoms with Crippen molar-refractivity contribution in [3.05, 3.63) is 35.9 Å². The second kappa shape index (κ2) is 8.25. The summed E-state index contributed by atoms with van der Waals surface area (Å²) in [4.78, 5) is 52.4. The van der Waals surface area contributed by atoms with Crippen molar-refractivity contribution >= 4 is 23.8 Å². The molecule has 0 unspecified atom stereocenters. The molecule has 25 heavy (non-hydrogen) atoms. The summed E-state index contributed by atoms with van der Waals surface area (Å²) in [7, 11) is 1.47. The summed E-state index contributed by atoms with van der Waals surface area (Å²) < 4.78 is 0. The molecule has 1 heterocycles. The van der Waals surface area contributed by atoms with Gasteiger partial charge >= 0.3 is 6.09 Å². The number of nitrogens with two attached hydrogens (primary N) is 1. The summed E-state index contributed by atoms with van der Waals surface area (Å²) in [6, 6.07) is 8.56. The van der Waals surface area contributed by atoms with E-state index in [0.717, 1.165) is 5.56 Å². The van der Waals surface area contributed by atoms with Crippen molar-refractivity contribution in [1.29, 1.82) is 0 Å². The average Bonchev–Trinajstić information content (AvgIpc) is 2.91. The van der Waals surface area contributed by atoms with E-state index in [0.29, 0.717) is 11.5 Å². The van der Waals surface area contributed by atoms with E-state index in [1.807, 2.05) is 30.3 Å². The molecule has 0 saturated carbocycles. The van der Waals surface area contributed by atoms with E-state index in [4.69, 9.17) is 5.73 Å². The number of carbonyl (C=O) groups is 4. The quantitative estimate of drug-likeness (QED) is 0.540. The minimum Gasteiger partial charge on any atom is -0.327 e. The maximum absolute atomic E-state index is 12.2. The number of benzene rings is 1. The second-order valence-electron chi connectivity index (χ2n) is 5.63. The van der Waals surface area contributed by atoms with E-state index in [1.54, 1.807) is 0 Å². The van der Waals surface area contributed by atoms with Gasteiger partial charge in [0, 0.05) is 19.9 Å². The lowest BCUT2D eigenvalue weighted by molar-refractivity contribution is -0.171. The smallest absolute Gasteiger partial charge is 0.327 e. The minimum absolute atomic E-state index is 0.0127. The van der Waals surface area contributed by atoms with Crippen LogP contribution in [0.25, 0.3) is 0 Å². The third-order valence-corrected chi connectivity index (χ3v) is 3.63. The highest BCUT2D eigenvalue weighted by atomic mass is 16.7. The number of hydrogen-bond acceptors (Lipinski definition) is 6. The number of hydrogen-bond donors (Lipinski definition) is 2. The Kier molecular flexibility index (Phi) is 6.07. The Labute approximate surface area is 144 Å². The first kappa shape index (κ1) is 18.4. The molecule has 1 saturated heterocycles. The highest BCUT2D eigenvalue weighted by molar-refractivity contribution is 6.01. The molecule has 0 aromatic heterocycles. The maximum Gasteiger partial charge on any atom is 0.433 e. The van der Waals surface area contributed by atoms with Crippen LogP contribution in [0.2, 0.25) is 0 Å². The molecular formula is C16H20N4O5. The summed E-state index contributed by atoms with van der Waals surface area (Å²) in [6.07, 6.45) is -0.608. The lowest BCUT2D eigenvalue weighted by Crippen LogP contribution is -2.48. The van der Waals surface area contributed by atoms with Crippen molar-refractivity contribution in [2.45, 2.75) is 25.3 Å². The fourth-order valence-electron chi connectivity index (χ4n) is 2.27. The molecule has 0 bridgehead atoms. The van der Waals surface area contributed by atoms with Crippen molar-refractivity contribution in [2.75, 3.05) is 13.7 Å². The number of likely N-dealkylation sites (N-methyl/N-ethyl adjacent to an activating group) is 1. The van der Waals surface area contributed by atoms with Crippen molar-refractivity contribution in [3.63, 3.8) is 0 Å². The van der Waals surface area contributed by atoms with Crippen LogP contribution in [-0.2, 0) is 25.6 Å². The maximum atomic E-state index is 12.2. The monoisotopic (exact) mass is 348 g/mol. The van der Waals surface area contributed by atoms with Crippen LogP contribution in [0.3, 0.4) is 0 Å². The van der Waals surface area contributed by atoms with Gasteiger partial charge in [0.1, 0.15) is 0 Å². The molecule has 4 amide bonds. The predicted octanol–water partition coefficient (Wildman–Crippen LogP) is -0.237. The van der Waals surface area contributed by atoms with E-state index < -0.39 is 23.9 Å². The van der Waals surface area contributed by atoms with E-state index in [1.165, 1.54) is 11.9 Å². The number of hydroxylamine groups is 2. The lowest BCUT2D eigenvalue weighted by atomic mass is 10.1. The lowest BCUT2D eigenvalue weighted by Gasteiger charge is -2.22. The summed E-state index contributed by atoms with van der Waals surface area (Å²) in [5.41, 5.74) is 6.82. The highest BCUT2D eigenvalue weighted by Gasteiger charge is 2.33. The van der Waals surface area contributed by atoms with Gasteiger partial charge in [-0.05, 0) is 12.0 Å². The fraction of sp³-hybridized carbons (Fsp3) is 0.375. The van der Waals surface area contributed by atoms with Crippen molar-refractivity contribution in [1.82, 2.24) is 15.3 Å². The Hall–Kier alpha value is -2.94. The van der Waals surface area contributed by atoms with Gasteiger partial charge in [0.15, 0.2) is 0 Å². The predicted molar refractivity (Wildman–Crippen MR) is 86.5 cm³/mol. The number of rotatable bonds is 6. The van der Waals surface area contributed by atoms with Crippen LogP contribution >= 0.6 is 0 Å². The minimum atomic E-state index is -1.00. The first-order valence-corrected chi connectivity index (χ1v) is 7.74. The Morgan fingerprint density at radius 3 is 2.44 bits per heavy atom. The van der Waals surface area contributed by atoms with E-state index >= 15 is 0 Å². The third-order valence-electron chi connectivity index (χ3n) is 3.63. The van der Waals surface area contributed by atoms with Crippen LogP contribution in [0.5, 0.6) is 0 Å². The van der Waals surface area contributed by atoms with Gasteiger partial charge in [0.05, 0.1) is 12.7 Å². The molecule has 2 rings (SSSR count). The molecule has 1 atom stereocenters. The van der Waals surface area contributed by atoms with Crippen molar-refractivity contribution in [2.24, 2.45) is 5.73 Å². The van der Waals surface area contributed by atoms with Gasteiger partial charge in [-0.15, -0.1) is 5.06 Å². The number of nitrogens with one attached hydrogen (secondary N) is 1. The van der Waals surface area contributed by atoms with E-state index in [2.05, 4.69) is 10.2 Å². The molecule has 3 N–H and O–H groups in total. The van der Waals surface area contributed by atoms with Crippen LogP contribution in [0, 0.1) is 0 Å². The first-order chi connectivity index (χ1) is 11.9. The number of amides is 4. The van der Waals surface area contributed by atoms with Gasteiger partial charge in [-0.2, -0.15) is 0 Å². The normalized spacial score (nSPS) is 15.0. The first-order valence-electron chi connectivity index (χ1n) is 7.74. The molecule has 1 aliphatic heterocycles. The molecule has 9 heteroatoms. The summed E-state index contributed by atoms with van der Waals surface area (Å²) in [6.45, 7) is -0.170. The molecular weight excluding hydrogens is 328 g/mol. The van der Waals surface area contributed by atoms with E-state index in [-0.39, 0.29) is 25.4 Å². The van der Waals surface area contributed by atoms with Gasteiger partial charge < -0.3 is 20.8 Å². The van der Waals surface area contributed by atoms with Gasteiger partial charge in [0.25, 0.3) is 11.8 Å². The van der Waals surface area contributed by atoms with Crippen LogP contribution in [0.15, 0.2) is 30.3 Å². The third kappa shape index (κ3) is 5.01. The second-order valence-corrected chi connectivity index (χ2v) is 5.63. The van der Waals surface area contributed by atoms with Crippen molar-refractivity contribution in [3.8, 4) is 0 Å². The number of imide groups is 1. The van der Waals surface area contributed by atoms with Crippen LogP contribution < -0.4 is 11.1 Å². The van der Waals surface area contributed by atoms with E-state index in [9.17, 15) is 19.2 Å². The Morgan fingerprint density at radius 1 is 1.24 bits per heavy atom.